The molecule has 1 atom stereocenters. The Hall–Kier alpha value is -4.53. The highest BCUT2D eigenvalue weighted by atomic mass is 16.2. The Morgan fingerprint density at radius 3 is 2.47 bits per heavy atom. The van der Waals surface area contributed by atoms with E-state index in [0.717, 1.165) is 16.9 Å². The molecule has 1 aliphatic heterocycles. The molecular weight excluding hydrogens is 454 g/mol. The van der Waals surface area contributed by atoms with Gasteiger partial charge in [0.1, 0.15) is 23.8 Å². The van der Waals surface area contributed by atoms with Crippen LogP contribution in [0.1, 0.15) is 23.4 Å². The Morgan fingerprint density at radius 2 is 1.75 bits per heavy atom. The molecule has 9 nitrogen and oxygen atoms in total. The van der Waals surface area contributed by atoms with Crippen molar-refractivity contribution in [3.05, 3.63) is 84.2 Å². The first-order valence-corrected chi connectivity index (χ1v) is 11.8. The summed E-state index contributed by atoms with van der Waals surface area (Å²) >= 11 is 0. The molecule has 9 heteroatoms. The minimum atomic E-state index is -0.400. The van der Waals surface area contributed by atoms with E-state index in [1.165, 1.54) is 5.56 Å². The van der Waals surface area contributed by atoms with Gasteiger partial charge >= 0.3 is 0 Å². The third-order valence-corrected chi connectivity index (χ3v) is 6.32. The molecule has 1 aliphatic rings. The summed E-state index contributed by atoms with van der Waals surface area (Å²) in [5.41, 5.74) is 4.62. The summed E-state index contributed by atoms with van der Waals surface area (Å²) in [7, 11) is 0. The lowest BCUT2D eigenvalue weighted by molar-refractivity contribution is -0.122. The van der Waals surface area contributed by atoms with Crippen LogP contribution in [0.25, 0.3) is 5.82 Å². The number of aromatic nitrogens is 4. The Morgan fingerprint density at radius 1 is 0.972 bits per heavy atom. The highest BCUT2D eigenvalue weighted by Gasteiger charge is 2.35. The highest BCUT2D eigenvalue weighted by molar-refractivity contribution is 6.03. The minimum absolute atomic E-state index is 0.0341. The third-order valence-electron chi connectivity index (χ3n) is 6.32. The van der Waals surface area contributed by atoms with Crippen molar-refractivity contribution in [2.75, 3.05) is 22.1 Å². The SMILES string of the molecule is Cc1nc(Nc2ccc(NC(=O)[C@H]3CC(=O)N(c4ccc(C)c(C)c4)C3)cc2)cc(-n2ccnc2)n1. The molecule has 0 spiro atoms. The van der Waals surface area contributed by atoms with Crippen LogP contribution in [0.4, 0.5) is 22.9 Å². The molecule has 2 aromatic carbocycles. The number of anilines is 4. The quantitative estimate of drug-likeness (QED) is 0.425. The zero-order valence-corrected chi connectivity index (χ0v) is 20.4. The molecule has 0 radical (unpaired) electrons. The van der Waals surface area contributed by atoms with Crippen LogP contribution in [0, 0.1) is 26.7 Å². The number of imidazole rings is 1. The normalized spacial score (nSPS) is 15.2. The molecule has 0 saturated carbocycles. The van der Waals surface area contributed by atoms with E-state index in [-0.39, 0.29) is 18.2 Å². The van der Waals surface area contributed by atoms with Gasteiger partial charge in [-0.05, 0) is 68.3 Å². The zero-order chi connectivity index (χ0) is 25.2. The molecular formula is C27H27N7O2. The Kier molecular flexibility index (Phi) is 6.20. The number of nitrogens with one attached hydrogen (secondary N) is 2. The number of benzene rings is 2. The van der Waals surface area contributed by atoms with E-state index in [4.69, 9.17) is 0 Å². The van der Waals surface area contributed by atoms with Crippen molar-refractivity contribution in [2.24, 2.45) is 5.92 Å². The van der Waals surface area contributed by atoms with Crippen LogP contribution in [0.5, 0.6) is 0 Å². The number of rotatable bonds is 6. The maximum Gasteiger partial charge on any atom is 0.229 e. The molecule has 2 amide bonds. The van der Waals surface area contributed by atoms with Crippen molar-refractivity contribution < 1.29 is 9.59 Å². The number of carbonyl (C=O) groups excluding carboxylic acids is 2. The van der Waals surface area contributed by atoms with E-state index in [0.29, 0.717) is 29.7 Å². The second-order valence-electron chi connectivity index (χ2n) is 8.99. The Balaban J connectivity index is 1.22. The molecule has 1 fully saturated rings. The molecule has 4 aromatic rings. The van der Waals surface area contributed by atoms with Crippen LogP contribution < -0.4 is 15.5 Å². The van der Waals surface area contributed by atoms with Gasteiger partial charge in [0.05, 0.1) is 5.92 Å². The summed E-state index contributed by atoms with van der Waals surface area (Å²) in [4.78, 5) is 40.1. The van der Waals surface area contributed by atoms with Gasteiger partial charge in [0.25, 0.3) is 0 Å². The van der Waals surface area contributed by atoms with Gasteiger partial charge < -0.3 is 15.5 Å². The second kappa shape index (κ2) is 9.61. The van der Waals surface area contributed by atoms with Crippen LogP contribution in [-0.2, 0) is 9.59 Å². The Bertz CT molecular complexity index is 1410. The van der Waals surface area contributed by atoms with Crippen molar-refractivity contribution in [1.82, 2.24) is 19.5 Å². The maximum atomic E-state index is 12.9. The van der Waals surface area contributed by atoms with Gasteiger partial charge in [0.2, 0.25) is 11.8 Å². The largest absolute Gasteiger partial charge is 0.340 e. The molecule has 0 aliphatic carbocycles. The van der Waals surface area contributed by atoms with Crippen molar-refractivity contribution in [2.45, 2.75) is 27.2 Å². The number of aryl methyl sites for hydroxylation is 3. The molecule has 182 valence electrons. The van der Waals surface area contributed by atoms with E-state index in [9.17, 15) is 9.59 Å². The van der Waals surface area contributed by atoms with Crippen LogP contribution >= 0.6 is 0 Å². The summed E-state index contributed by atoms with van der Waals surface area (Å²) in [6.07, 6.45) is 5.40. The zero-order valence-electron chi connectivity index (χ0n) is 20.4. The summed E-state index contributed by atoms with van der Waals surface area (Å²) in [5.74, 6) is 1.40. The van der Waals surface area contributed by atoms with Crippen LogP contribution in [0.15, 0.2) is 67.3 Å². The van der Waals surface area contributed by atoms with Gasteiger partial charge in [-0.2, -0.15) is 0 Å². The van der Waals surface area contributed by atoms with Crippen LogP contribution in [0.3, 0.4) is 0 Å². The second-order valence-corrected chi connectivity index (χ2v) is 8.99. The van der Waals surface area contributed by atoms with Gasteiger partial charge in [0, 0.05) is 48.5 Å². The number of amides is 2. The van der Waals surface area contributed by atoms with E-state index in [1.54, 1.807) is 17.4 Å². The number of nitrogens with zero attached hydrogens (tertiary/aromatic N) is 5. The first-order valence-electron chi connectivity index (χ1n) is 11.8. The van der Waals surface area contributed by atoms with Crippen LogP contribution in [0.2, 0.25) is 0 Å². The fourth-order valence-electron chi connectivity index (χ4n) is 4.20. The lowest BCUT2D eigenvalue weighted by Crippen LogP contribution is -2.28. The molecule has 2 aromatic heterocycles. The predicted octanol–water partition coefficient (Wildman–Crippen LogP) is 4.32. The van der Waals surface area contributed by atoms with Gasteiger partial charge in [-0.25, -0.2) is 15.0 Å². The van der Waals surface area contributed by atoms with E-state index in [2.05, 4.69) is 25.6 Å². The topological polar surface area (TPSA) is 105 Å². The monoisotopic (exact) mass is 481 g/mol. The molecule has 5 rings (SSSR count). The summed E-state index contributed by atoms with van der Waals surface area (Å²) in [5, 5.41) is 6.22. The van der Waals surface area contributed by atoms with Gasteiger partial charge in [-0.3, -0.25) is 14.2 Å². The lowest BCUT2D eigenvalue weighted by Gasteiger charge is -2.18. The fraction of sp³-hybridized carbons (Fsp3) is 0.222. The van der Waals surface area contributed by atoms with Gasteiger partial charge in [0.15, 0.2) is 0 Å². The lowest BCUT2D eigenvalue weighted by atomic mass is 10.1. The fourth-order valence-corrected chi connectivity index (χ4v) is 4.20. The van der Waals surface area contributed by atoms with Gasteiger partial charge in [-0.15, -0.1) is 0 Å². The molecule has 3 heterocycles. The van der Waals surface area contributed by atoms with Crippen molar-refractivity contribution in [3.8, 4) is 5.82 Å². The summed E-state index contributed by atoms with van der Waals surface area (Å²) in [6.45, 7) is 6.26. The van der Waals surface area contributed by atoms with Crippen molar-refractivity contribution in [3.63, 3.8) is 0 Å². The number of hydrogen-bond acceptors (Lipinski definition) is 6. The molecule has 0 unspecified atom stereocenters. The smallest absolute Gasteiger partial charge is 0.229 e. The first kappa shape index (κ1) is 23.2. The summed E-state index contributed by atoms with van der Waals surface area (Å²) in [6, 6.07) is 15.1. The van der Waals surface area contributed by atoms with E-state index in [1.807, 2.05) is 80.1 Å². The molecule has 1 saturated heterocycles. The van der Waals surface area contributed by atoms with E-state index < -0.39 is 5.92 Å². The average molecular weight is 482 g/mol. The number of hydrogen-bond donors (Lipinski definition) is 2. The minimum Gasteiger partial charge on any atom is -0.340 e. The standard InChI is InChI=1S/C27H27N7O2/c1-17-4-9-23(12-18(17)2)34-15-20(13-26(34)35)27(36)32-22-7-5-21(6-8-22)31-24-14-25(30-19(3)29-24)33-11-10-28-16-33/h4-12,14,16,20H,13,15H2,1-3H3,(H,32,36)(H,29,30,31)/t20-/m0/s1. The predicted molar refractivity (Wildman–Crippen MR) is 139 cm³/mol. The van der Waals surface area contributed by atoms with Crippen molar-refractivity contribution in [1.29, 1.82) is 0 Å². The van der Waals surface area contributed by atoms with E-state index >= 15 is 0 Å². The third kappa shape index (κ3) is 4.95. The van der Waals surface area contributed by atoms with Crippen molar-refractivity contribution >= 4 is 34.7 Å². The first-order chi connectivity index (χ1) is 17.4. The van der Waals surface area contributed by atoms with Gasteiger partial charge in [-0.1, -0.05) is 6.07 Å². The number of carbonyl (C=O) groups is 2. The highest BCUT2D eigenvalue weighted by Crippen LogP contribution is 2.28. The average Bonchev–Trinajstić information content (AvgIpc) is 3.52. The maximum absolute atomic E-state index is 12.9. The van der Waals surface area contributed by atoms with Crippen LogP contribution in [-0.4, -0.2) is 37.9 Å². The summed E-state index contributed by atoms with van der Waals surface area (Å²) < 4.78 is 1.81. The Labute approximate surface area is 209 Å². The molecule has 2 N–H and O–H groups in total. The molecule has 36 heavy (non-hydrogen) atoms. The molecule has 0 bridgehead atoms.